The van der Waals surface area contributed by atoms with Crippen LogP contribution >= 0.6 is 0 Å². The van der Waals surface area contributed by atoms with E-state index in [4.69, 9.17) is 0 Å². The van der Waals surface area contributed by atoms with Crippen LogP contribution in [0.1, 0.15) is 47.0 Å². The van der Waals surface area contributed by atoms with Gasteiger partial charge in [0.25, 0.3) is 0 Å². The van der Waals surface area contributed by atoms with E-state index in [1.54, 1.807) is 0 Å². The summed E-state index contributed by atoms with van der Waals surface area (Å²) in [5.74, 6) is 0.682. The number of rotatable bonds is 6. The van der Waals surface area contributed by atoms with E-state index in [0.29, 0.717) is 12.3 Å². The van der Waals surface area contributed by atoms with Crippen molar-refractivity contribution in [2.75, 3.05) is 6.54 Å². The Kier molecular flexibility index (Phi) is 6.30. The number of hydrogen-bond acceptors (Lipinski definition) is 1. The summed E-state index contributed by atoms with van der Waals surface area (Å²) in [6, 6.07) is 0. The van der Waals surface area contributed by atoms with Crippen molar-refractivity contribution in [2.45, 2.75) is 47.0 Å². The molecule has 0 rings (SSSR count). The first kappa shape index (κ1) is 14.2. The van der Waals surface area contributed by atoms with Gasteiger partial charge in [-0.05, 0) is 24.2 Å². The summed E-state index contributed by atoms with van der Waals surface area (Å²) in [6.07, 6.45) is 4.66. The Hall–Kier alpha value is -0.790. The molecule has 0 aromatic carbocycles. The smallest absolute Gasteiger partial charge is 0.220 e. The van der Waals surface area contributed by atoms with E-state index in [1.165, 1.54) is 0 Å². The van der Waals surface area contributed by atoms with Crippen LogP contribution in [0.2, 0.25) is 0 Å². The molecule has 0 heterocycles. The lowest BCUT2D eigenvalue weighted by molar-refractivity contribution is -0.122. The molecular formula is C13H25NO. The molecule has 0 fully saturated rings. The Morgan fingerprint density at radius 1 is 1.47 bits per heavy atom. The van der Waals surface area contributed by atoms with Crippen LogP contribution in [0.25, 0.3) is 0 Å². The molecule has 0 aliphatic carbocycles. The van der Waals surface area contributed by atoms with Crippen LogP contribution in [0.3, 0.4) is 0 Å². The monoisotopic (exact) mass is 211 g/mol. The second kappa shape index (κ2) is 6.65. The maximum atomic E-state index is 11.5. The standard InChI is InChI=1S/C13H25NO/c1-6-11(7-2)8-9-14-12(15)10-13(3,4)5/h6,11H,1,7-10H2,2-5H3,(H,14,15)/t11-/m1/s1. The van der Waals surface area contributed by atoms with Gasteiger partial charge >= 0.3 is 0 Å². The predicted molar refractivity (Wildman–Crippen MR) is 65.7 cm³/mol. The predicted octanol–water partition coefficient (Wildman–Crippen LogP) is 3.14. The Morgan fingerprint density at radius 3 is 2.47 bits per heavy atom. The van der Waals surface area contributed by atoms with E-state index in [1.807, 2.05) is 6.08 Å². The average molecular weight is 211 g/mol. The highest BCUT2D eigenvalue weighted by molar-refractivity contribution is 5.76. The van der Waals surface area contributed by atoms with Crippen molar-refractivity contribution in [3.05, 3.63) is 12.7 Å². The maximum Gasteiger partial charge on any atom is 0.220 e. The van der Waals surface area contributed by atoms with Crippen molar-refractivity contribution in [2.24, 2.45) is 11.3 Å². The topological polar surface area (TPSA) is 29.1 Å². The van der Waals surface area contributed by atoms with Gasteiger partial charge in [0.15, 0.2) is 0 Å². The van der Waals surface area contributed by atoms with Crippen molar-refractivity contribution >= 4 is 5.91 Å². The lowest BCUT2D eigenvalue weighted by Gasteiger charge is -2.17. The normalized spacial score (nSPS) is 13.3. The third-order valence-electron chi connectivity index (χ3n) is 2.39. The van der Waals surface area contributed by atoms with Gasteiger partial charge in [0.1, 0.15) is 0 Å². The Labute approximate surface area is 94.1 Å². The van der Waals surface area contributed by atoms with Gasteiger partial charge in [-0.3, -0.25) is 4.79 Å². The van der Waals surface area contributed by atoms with Crippen LogP contribution in [0, 0.1) is 11.3 Å². The van der Waals surface area contributed by atoms with Gasteiger partial charge in [0.2, 0.25) is 5.91 Å². The zero-order valence-corrected chi connectivity index (χ0v) is 10.6. The number of nitrogens with one attached hydrogen (secondary N) is 1. The Bertz CT molecular complexity index is 203. The summed E-state index contributed by atoms with van der Waals surface area (Å²) in [7, 11) is 0. The molecule has 0 saturated carbocycles. The van der Waals surface area contributed by atoms with E-state index in [-0.39, 0.29) is 11.3 Å². The van der Waals surface area contributed by atoms with Crippen LogP contribution in [-0.4, -0.2) is 12.5 Å². The second-order valence-electron chi connectivity index (χ2n) is 5.28. The summed E-state index contributed by atoms with van der Waals surface area (Å²) >= 11 is 0. The van der Waals surface area contributed by atoms with Gasteiger partial charge < -0.3 is 5.32 Å². The highest BCUT2D eigenvalue weighted by Gasteiger charge is 2.15. The van der Waals surface area contributed by atoms with Crippen molar-refractivity contribution in [3.63, 3.8) is 0 Å². The fourth-order valence-electron chi connectivity index (χ4n) is 1.43. The first-order valence-electron chi connectivity index (χ1n) is 5.78. The van der Waals surface area contributed by atoms with Crippen LogP contribution in [0.15, 0.2) is 12.7 Å². The van der Waals surface area contributed by atoms with Crippen LogP contribution < -0.4 is 5.32 Å². The van der Waals surface area contributed by atoms with Crippen molar-refractivity contribution in [1.29, 1.82) is 0 Å². The summed E-state index contributed by atoms with van der Waals surface area (Å²) in [5, 5.41) is 2.95. The first-order chi connectivity index (χ1) is 6.89. The number of carbonyl (C=O) groups excluding carboxylic acids is 1. The van der Waals surface area contributed by atoms with Crippen LogP contribution in [-0.2, 0) is 4.79 Å². The molecule has 0 aliphatic heterocycles. The minimum atomic E-state index is 0.0761. The van der Waals surface area contributed by atoms with Gasteiger partial charge in [-0.25, -0.2) is 0 Å². The molecule has 1 atom stereocenters. The Balaban J connectivity index is 3.68. The fourth-order valence-corrected chi connectivity index (χ4v) is 1.43. The fraction of sp³-hybridized carbons (Fsp3) is 0.769. The van der Waals surface area contributed by atoms with Gasteiger partial charge in [-0.2, -0.15) is 0 Å². The van der Waals surface area contributed by atoms with Gasteiger partial charge in [0, 0.05) is 13.0 Å². The van der Waals surface area contributed by atoms with Gasteiger partial charge in [-0.1, -0.05) is 33.8 Å². The van der Waals surface area contributed by atoms with E-state index >= 15 is 0 Å². The zero-order chi connectivity index (χ0) is 11.9. The first-order valence-corrected chi connectivity index (χ1v) is 5.78. The molecule has 15 heavy (non-hydrogen) atoms. The van der Waals surface area contributed by atoms with E-state index in [9.17, 15) is 4.79 Å². The molecule has 1 amide bonds. The molecule has 0 aliphatic rings. The van der Waals surface area contributed by atoms with Crippen LogP contribution in [0.5, 0.6) is 0 Å². The van der Waals surface area contributed by atoms with Crippen molar-refractivity contribution in [3.8, 4) is 0 Å². The SMILES string of the molecule is C=C[C@H](CC)CCNC(=O)CC(C)(C)C. The van der Waals surface area contributed by atoms with Gasteiger partial charge in [0.05, 0.1) is 0 Å². The molecule has 0 unspecified atom stereocenters. The lowest BCUT2D eigenvalue weighted by atomic mass is 9.92. The molecule has 0 spiro atoms. The molecule has 0 saturated heterocycles. The minimum Gasteiger partial charge on any atom is -0.356 e. The van der Waals surface area contributed by atoms with Crippen LogP contribution in [0.4, 0.5) is 0 Å². The maximum absolute atomic E-state index is 11.5. The number of hydrogen-bond donors (Lipinski definition) is 1. The molecule has 2 heteroatoms. The number of allylic oxidation sites excluding steroid dienone is 1. The lowest BCUT2D eigenvalue weighted by Crippen LogP contribution is -2.29. The van der Waals surface area contributed by atoms with E-state index < -0.39 is 0 Å². The third kappa shape index (κ3) is 8.22. The minimum absolute atomic E-state index is 0.0761. The Morgan fingerprint density at radius 2 is 2.07 bits per heavy atom. The molecule has 88 valence electrons. The molecule has 0 bridgehead atoms. The summed E-state index contributed by atoms with van der Waals surface area (Å²) in [6.45, 7) is 12.9. The third-order valence-corrected chi connectivity index (χ3v) is 2.39. The summed E-state index contributed by atoms with van der Waals surface area (Å²) < 4.78 is 0. The number of amides is 1. The van der Waals surface area contributed by atoms with Gasteiger partial charge in [-0.15, -0.1) is 6.58 Å². The van der Waals surface area contributed by atoms with E-state index in [0.717, 1.165) is 19.4 Å². The quantitative estimate of drug-likeness (QED) is 0.672. The summed E-state index contributed by atoms with van der Waals surface area (Å²) in [4.78, 5) is 11.5. The number of carbonyl (C=O) groups is 1. The second-order valence-corrected chi connectivity index (χ2v) is 5.28. The van der Waals surface area contributed by atoms with Crippen molar-refractivity contribution < 1.29 is 4.79 Å². The molecule has 2 nitrogen and oxygen atoms in total. The summed E-state index contributed by atoms with van der Waals surface area (Å²) in [5.41, 5.74) is 0.0761. The van der Waals surface area contributed by atoms with Crippen molar-refractivity contribution in [1.82, 2.24) is 5.32 Å². The largest absolute Gasteiger partial charge is 0.356 e. The molecule has 0 radical (unpaired) electrons. The molecule has 1 N–H and O–H groups in total. The molecule has 0 aromatic heterocycles. The van der Waals surface area contributed by atoms with E-state index in [2.05, 4.69) is 39.6 Å². The highest BCUT2D eigenvalue weighted by atomic mass is 16.1. The highest BCUT2D eigenvalue weighted by Crippen LogP contribution is 2.17. The zero-order valence-electron chi connectivity index (χ0n) is 10.6. The molecular weight excluding hydrogens is 186 g/mol. The average Bonchev–Trinajstić information content (AvgIpc) is 2.09. The molecule has 0 aromatic rings.